The van der Waals surface area contributed by atoms with Crippen molar-refractivity contribution in [1.82, 2.24) is 4.98 Å². The molecular weight excluding hydrogens is 296 g/mol. The number of hydrogen-bond acceptors (Lipinski definition) is 3. The van der Waals surface area contributed by atoms with E-state index in [9.17, 15) is 0 Å². The summed E-state index contributed by atoms with van der Waals surface area (Å²) in [4.78, 5) is 4.55. The SMILES string of the molecule is CC(C)(C#N)c1nc(-c2ccccc2Br)cs1. The van der Waals surface area contributed by atoms with Gasteiger partial charge in [0.05, 0.1) is 11.8 Å². The summed E-state index contributed by atoms with van der Waals surface area (Å²) >= 11 is 5.04. The summed E-state index contributed by atoms with van der Waals surface area (Å²) in [5, 5.41) is 11.9. The van der Waals surface area contributed by atoms with Crippen LogP contribution in [-0.2, 0) is 5.41 Å². The molecule has 1 aromatic heterocycles. The van der Waals surface area contributed by atoms with E-state index < -0.39 is 5.41 Å². The van der Waals surface area contributed by atoms with E-state index in [4.69, 9.17) is 5.26 Å². The Hall–Kier alpha value is -1.18. The van der Waals surface area contributed by atoms with E-state index in [1.54, 1.807) is 0 Å². The van der Waals surface area contributed by atoms with Crippen molar-refractivity contribution in [3.8, 4) is 17.3 Å². The molecule has 1 heterocycles. The van der Waals surface area contributed by atoms with Crippen molar-refractivity contribution < 1.29 is 0 Å². The maximum atomic E-state index is 9.09. The van der Waals surface area contributed by atoms with Crippen LogP contribution in [0.1, 0.15) is 18.9 Å². The Morgan fingerprint density at radius 3 is 2.71 bits per heavy atom. The van der Waals surface area contributed by atoms with Crippen LogP contribution in [0.2, 0.25) is 0 Å². The Morgan fingerprint density at radius 1 is 1.35 bits per heavy atom. The molecule has 0 fully saturated rings. The van der Waals surface area contributed by atoms with Gasteiger partial charge in [-0.05, 0) is 19.9 Å². The van der Waals surface area contributed by atoms with Gasteiger partial charge in [0.2, 0.25) is 0 Å². The molecule has 0 atom stereocenters. The fourth-order valence-corrected chi connectivity index (χ4v) is 2.78. The third-order valence-electron chi connectivity index (χ3n) is 2.47. The van der Waals surface area contributed by atoms with E-state index in [-0.39, 0.29) is 0 Å². The molecule has 1 aromatic carbocycles. The zero-order chi connectivity index (χ0) is 12.5. The number of aromatic nitrogens is 1. The lowest BCUT2D eigenvalue weighted by atomic mass is 9.97. The highest BCUT2D eigenvalue weighted by Gasteiger charge is 2.24. The van der Waals surface area contributed by atoms with Crippen LogP contribution in [0, 0.1) is 11.3 Å². The molecule has 0 amide bonds. The first-order chi connectivity index (χ1) is 8.04. The summed E-state index contributed by atoms with van der Waals surface area (Å²) in [5.41, 5.74) is 1.45. The van der Waals surface area contributed by atoms with Crippen LogP contribution in [0.3, 0.4) is 0 Å². The minimum absolute atomic E-state index is 0.524. The van der Waals surface area contributed by atoms with Gasteiger partial charge in [-0.1, -0.05) is 34.1 Å². The zero-order valence-corrected chi connectivity index (χ0v) is 12.0. The van der Waals surface area contributed by atoms with E-state index in [1.807, 2.05) is 43.5 Å². The zero-order valence-electron chi connectivity index (χ0n) is 9.57. The van der Waals surface area contributed by atoms with E-state index in [1.165, 1.54) is 11.3 Å². The number of rotatable bonds is 2. The first kappa shape index (κ1) is 12.3. The molecule has 0 bridgehead atoms. The number of halogens is 1. The Labute approximate surface area is 113 Å². The second-order valence-corrected chi connectivity index (χ2v) is 5.97. The van der Waals surface area contributed by atoms with Gasteiger partial charge in [0, 0.05) is 15.4 Å². The van der Waals surface area contributed by atoms with Crippen molar-refractivity contribution in [3.05, 3.63) is 39.1 Å². The standard InChI is InChI=1S/C13H11BrN2S/c1-13(2,8-15)12-16-11(7-17-12)9-5-3-4-6-10(9)14/h3-7H,1-2H3. The molecule has 0 spiro atoms. The summed E-state index contributed by atoms with van der Waals surface area (Å²) in [6.07, 6.45) is 0. The molecule has 17 heavy (non-hydrogen) atoms. The molecule has 0 aliphatic rings. The van der Waals surface area contributed by atoms with Crippen LogP contribution in [0.15, 0.2) is 34.1 Å². The highest BCUT2D eigenvalue weighted by Crippen LogP contribution is 2.32. The number of benzene rings is 1. The third-order valence-corrected chi connectivity index (χ3v) is 4.33. The quantitative estimate of drug-likeness (QED) is 0.826. The molecule has 0 unspecified atom stereocenters. The number of hydrogen-bond donors (Lipinski definition) is 0. The van der Waals surface area contributed by atoms with Crippen LogP contribution in [0.4, 0.5) is 0 Å². The largest absolute Gasteiger partial charge is 0.239 e. The number of nitriles is 1. The Bertz CT molecular complexity index is 581. The number of nitrogens with zero attached hydrogens (tertiary/aromatic N) is 2. The Balaban J connectivity index is 2.45. The highest BCUT2D eigenvalue weighted by atomic mass is 79.9. The average Bonchev–Trinajstić information content (AvgIpc) is 2.79. The molecule has 0 aliphatic carbocycles. The highest BCUT2D eigenvalue weighted by molar-refractivity contribution is 9.10. The fourth-order valence-electron chi connectivity index (χ4n) is 1.40. The molecule has 0 aliphatic heterocycles. The second-order valence-electron chi connectivity index (χ2n) is 4.25. The summed E-state index contributed by atoms with van der Waals surface area (Å²) in [6.45, 7) is 3.77. The lowest BCUT2D eigenvalue weighted by Crippen LogP contribution is -2.13. The molecular formula is C13H11BrN2S. The Morgan fingerprint density at radius 2 is 2.06 bits per heavy atom. The maximum absolute atomic E-state index is 9.09. The van der Waals surface area contributed by atoms with Crippen molar-refractivity contribution >= 4 is 27.3 Å². The smallest absolute Gasteiger partial charge is 0.113 e. The minimum Gasteiger partial charge on any atom is -0.239 e. The summed E-state index contributed by atoms with van der Waals surface area (Å²) < 4.78 is 1.02. The molecule has 2 nitrogen and oxygen atoms in total. The van der Waals surface area contributed by atoms with E-state index in [2.05, 4.69) is 27.0 Å². The van der Waals surface area contributed by atoms with Crippen LogP contribution in [0.25, 0.3) is 11.3 Å². The van der Waals surface area contributed by atoms with Crippen molar-refractivity contribution in [3.63, 3.8) is 0 Å². The molecule has 0 saturated heterocycles. The van der Waals surface area contributed by atoms with E-state index in [0.717, 1.165) is 20.7 Å². The molecule has 2 aromatic rings. The van der Waals surface area contributed by atoms with Gasteiger partial charge in [-0.15, -0.1) is 11.3 Å². The predicted octanol–water partition coefficient (Wildman–Crippen LogP) is 4.37. The van der Waals surface area contributed by atoms with Gasteiger partial charge >= 0.3 is 0 Å². The minimum atomic E-state index is -0.524. The third kappa shape index (κ3) is 2.41. The Kier molecular flexibility index (Phi) is 3.32. The van der Waals surface area contributed by atoms with Gasteiger partial charge in [-0.3, -0.25) is 0 Å². The monoisotopic (exact) mass is 306 g/mol. The predicted molar refractivity (Wildman–Crippen MR) is 73.9 cm³/mol. The maximum Gasteiger partial charge on any atom is 0.113 e. The topological polar surface area (TPSA) is 36.7 Å². The van der Waals surface area contributed by atoms with Crippen molar-refractivity contribution in [1.29, 1.82) is 5.26 Å². The summed E-state index contributed by atoms with van der Waals surface area (Å²) in [7, 11) is 0. The average molecular weight is 307 g/mol. The van der Waals surface area contributed by atoms with Crippen LogP contribution in [0.5, 0.6) is 0 Å². The van der Waals surface area contributed by atoms with Crippen molar-refractivity contribution in [2.24, 2.45) is 0 Å². The molecule has 4 heteroatoms. The molecule has 86 valence electrons. The van der Waals surface area contributed by atoms with Gasteiger partial charge in [-0.25, -0.2) is 4.98 Å². The summed E-state index contributed by atoms with van der Waals surface area (Å²) in [5.74, 6) is 0. The first-order valence-corrected chi connectivity index (χ1v) is 6.84. The van der Waals surface area contributed by atoms with Crippen LogP contribution in [-0.4, -0.2) is 4.98 Å². The van der Waals surface area contributed by atoms with Gasteiger partial charge in [-0.2, -0.15) is 5.26 Å². The van der Waals surface area contributed by atoms with Gasteiger partial charge in [0.1, 0.15) is 10.4 Å². The van der Waals surface area contributed by atoms with Gasteiger partial charge < -0.3 is 0 Å². The molecule has 0 saturated carbocycles. The van der Waals surface area contributed by atoms with Gasteiger partial charge in [0.25, 0.3) is 0 Å². The molecule has 0 N–H and O–H groups in total. The molecule has 0 radical (unpaired) electrons. The lowest BCUT2D eigenvalue weighted by molar-refractivity contribution is 0.680. The first-order valence-electron chi connectivity index (χ1n) is 5.17. The fraction of sp³-hybridized carbons (Fsp3) is 0.231. The number of thiazole rings is 1. The van der Waals surface area contributed by atoms with E-state index >= 15 is 0 Å². The lowest BCUT2D eigenvalue weighted by Gasteiger charge is -2.10. The second kappa shape index (κ2) is 4.59. The van der Waals surface area contributed by atoms with Crippen LogP contribution < -0.4 is 0 Å². The van der Waals surface area contributed by atoms with Crippen molar-refractivity contribution in [2.45, 2.75) is 19.3 Å². The van der Waals surface area contributed by atoms with Crippen LogP contribution >= 0.6 is 27.3 Å². The van der Waals surface area contributed by atoms with Gasteiger partial charge in [0.15, 0.2) is 0 Å². The normalized spacial score (nSPS) is 11.2. The molecule has 2 rings (SSSR count). The van der Waals surface area contributed by atoms with Crippen molar-refractivity contribution in [2.75, 3.05) is 0 Å². The van der Waals surface area contributed by atoms with E-state index in [0.29, 0.717) is 0 Å². The summed E-state index contributed by atoms with van der Waals surface area (Å²) in [6, 6.07) is 10.2.